The van der Waals surface area contributed by atoms with Crippen LogP contribution < -0.4 is 15.5 Å². The maximum absolute atomic E-state index is 12.3. The first-order valence-corrected chi connectivity index (χ1v) is 11.1. The van der Waals surface area contributed by atoms with Crippen molar-refractivity contribution in [3.05, 3.63) is 71.7 Å². The lowest BCUT2D eigenvalue weighted by Crippen LogP contribution is -2.22. The Morgan fingerprint density at radius 3 is 2.44 bits per heavy atom. The first-order chi connectivity index (χ1) is 15.5. The van der Waals surface area contributed by atoms with Crippen LogP contribution in [0.5, 0.6) is 0 Å². The molecule has 8 heteroatoms. The van der Waals surface area contributed by atoms with Crippen molar-refractivity contribution in [1.29, 1.82) is 0 Å². The minimum atomic E-state index is -0.322. The number of nitrogens with zero attached hydrogens (tertiary/aromatic N) is 2. The molecule has 1 fully saturated rings. The quantitative estimate of drug-likeness (QED) is 0.509. The van der Waals surface area contributed by atoms with Crippen LogP contribution in [0.1, 0.15) is 25.5 Å². The molecule has 1 saturated carbocycles. The summed E-state index contributed by atoms with van der Waals surface area (Å²) in [7, 11) is 0. The molecule has 162 valence electrons. The molecule has 0 aliphatic heterocycles. The lowest BCUT2D eigenvalue weighted by atomic mass is 10.2. The van der Waals surface area contributed by atoms with Gasteiger partial charge in [0.05, 0.1) is 11.4 Å². The third kappa shape index (κ3) is 5.47. The third-order valence-corrected chi connectivity index (χ3v) is 5.63. The lowest BCUT2D eigenvalue weighted by molar-refractivity contribution is -0.117. The molecule has 3 amide bonds. The average molecular weight is 447 g/mol. The molecule has 2 N–H and O–H groups in total. The van der Waals surface area contributed by atoms with Crippen molar-refractivity contribution in [3.63, 3.8) is 0 Å². The molecule has 0 spiro atoms. The normalized spacial score (nSPS) is 13.0. The highest BCUT2D eigenvalue weighted by Crippen LogP contribution is 2.31. The van der Waals surface area contributed by atoms with Gasteiger partial charge in [0.25, 0.3) is 0 Å². The first-order valence-electron chi connectivity index (χ1n) is 10.2. The molecule has 1 aromatic heterocycles. The third-order valence-electron chi connectivity index (χ3n) is 4.78. The summed E-state index contributed by atoms with van der Waals surface area (Å²) >= 11 is 1.32. The molecule has 2 aromatic carbocycles. The highest BCUT2D eigenvalue weighted by molar-refractivity contribution is 7.14. The van der Waals surface area contributed by atoms with Crippen LogP contribution in [-0.2, 0) is 14.4 Å². The Bertz CT molecular complexity index is 1170. The van der Waals surface area contributed by atoms with Crippen LogP contribution in [0, 0.1) is 5.92 Å². The standard InChI is InChI=1S/C24H22N4O3S/c1-16(29)28(21-8-3-2-4-9-21)24-27-20(15-32-24)12-13-22(30)25-18-6-5-7-19(14-18)26-23(31)17-10-11-17/h2-9,12-15,17H,10-11H2,1H3,(H,25,30)(H,26,31)/b13-12+. The molecule has 0 atom stereocenters. The van der Waals surface area contributed by atoms with Gasteiger partial charge in [-0.25, -0.2) is 4.98 Å². The maximum atomic E-state index is 12.3. The van der Waals surface area contributed by atoms with Gasteiger partial charge in [-0.2, -0.15) is 0 Å². The van der Waals surface area contributed by atoms with Crippen molar-refractivity contribution >= 4 is 57.3 Å². The minimum absolute atomic E-state index is 0.0165. The van der Waals surface area contributed by atoms with Gasteiger partial charge in [-0.05, 0) is 49.2 Å². The van der Waals surface area contributed by atoms with E-state index in [-0.39, 0.29) is 23.6 Å². The number of nitrogens with one attached hydrogen (secondary N) is 2. The van der Waals surface area contributed by atoms with Crippen LogP contribution >= 0.6 is 11.3 Å². The number of para-hydroxylation sites is 1. The number of aromatic nitrogens is 1. The van der Waals surface area contributed by atoms with Gasteiger partial charge in [-0.15, -0.1) is 11.3 Å². The van der Waals surface area contributed by atoms with E-state index in [0.717, 1.165) is 18.5 Å². The second-order valence-electron chi connectivity index (χ2n) is 7.41. The van der Waals surface area contributed by atoms with E-state index in [0.29, 0.717) is 22.2 Å². The maximum Gasteiger partial charge on any atom is 0.248 e. The van der Waals surface area contributed by atoms with Crippen LogP contribution in [0.3, 0.4) is 0 Å². The fraction of sp³-hybridized carbons (Fsp3) is 0.167. The highest BCUT2D eigenvalue weighted by atomic mass is 32.1. The zero-order valence-corrected chi connectivity index (χ0v) is 18.3. The number of carbonyl (C=O) groups excluding carboxylic acids is 3. The summed E-state index contributed by atoms with van der Waals surface area (Å²) in [6, 6.07) is 16.3. The number of thiazole rings is 1. The molecule has 0 bridgehead atoms. The zero-order valence-electron chi connectivity index (χ0n) is 17.4. The van der Waals surface area contributed by atoms with Gasteiger partial charge in [0, 0.05) is 35.7 Å². The van der Waals surface area contributed by atoms with Crippen molar-refractivity contribution in [2.24, 2.45) is 5.92 Å². The average Bonchev–Trinajstić information content (AvgIpc) is 3.53. The van der Waals surface area contributed by atoms with E-state index in [4.69, 9.17) is 0 Å². The largest absolute Gasteiger partial charge is 0.326 e. The summed E-state index contributed by atoms with van der Waals surface area (Å²) in [5.41, 5.74) is 2.54. The molecular formula is C24H22N4O3S. The van der Waals surface area contributed by atoms with E-state index in [1.807, 2.05) is 30.3 Å². The summed E-state index contributed by atoms with van der Waals surface area (Å²) in [5.74, 6) is -0.341. The summed E-state index contributed by atoms with van der Waals surface area (Å²) in [6.07, 6.45) is 4.84. The second kappa shape index (κ2) is 9.57. The lowest BCUT2D eigenvalue weighted by Gasteiger charge is -2.17. The Kier molecular flexibility index (Phi) is 6.42. The Labute approximate surface area is 189 Å². The fourth-order valence-corrected chi connectivity index (χ4v) is 3.92. The van der Waals surface area contributed by atoms with E-state index < -0.39 is 0 Å². The predicted molar refractivity (Wildman–Crippen MR) is 127 cm³/mol. The molecule has 3 aromatic rings. The topological polar surface area (TPSA) is 91.4 Å². The molecule has 0 unspecified atom stereocenters. The number of rotatable bonds is 7. The van der Waals surface area contributed by atoms with E-state index in [1.165, 1.54) is 29.2 Å². The zero-order chi connectivity index (χ0) is 22.5. The Balaban J connectivity index is 1.39. The van der Waals surface area contributed by atoms with Crippen molar-refractivity contribution in [2.75, 3.05) is 15.5 Å². The molecule has 0 radical (unpaired) electrons. The van der Waals surface area contributed by atoms with Crippen molar-refractivity contribution in [2.45, 2.75) is 19.8 Å². The summed E-state index contributed by atoms with van der Waals surface area (Å²) in [6.45, 7) is 1.48. The van der Waals surface area contributed by atoms with Crippen LogP contribution in [0.2, 0.25) is 0 Å². The molecule has 1 aliphatic carbocycles. The summed E-state index contributed by atoms with van der Waals surface area (Å²) in [5, 5.41) is 7.95. The number of hydrogen-bond acceptors (Lipinski definition) is 5. The molecule has 1 aliphatic rings. The fourth-order valence-electron chi connectivity index (χ4n) is 3.07. The van der Waals surface area contributed by atoms with E-state index >= 15 is 0 Å². The summed E-state index contributed by atoms with van der Waals surface area (Å²) < 4.78 is 0. The monoisotopic (exact) mass is 446 g/mol. The molecule has 0 saturated heterocycles. The SMILES string of the molecule is CC(=O)N(c1ccccc1)c1nc(/C=C/C(=O)Nc2cccc(NC(=O)C3CC3)c2)cs1. The molecule has 32 heavy (non-hydrogen) atoms. The van der Waals surface area contributed by atoms with Gasteiger partial charge in [-0.1, -0.05) is 24.3 Å². The molecule has 1 heterocycles. The van der Waals surface area contributed by atoms with Gasteiger partial charge < -0.3 is 10.6 Å². The Morgan fingerprint density at radius 2 is 1.75 bits per heavy atom. The highest BCUT2D eigenvalue weighted by Gasteiger charge is 2.29. The van der Waals surface area contributed by atoms with Gasteiger partial charge in [0.1, 0.15) is 0 Å². The van der Waals surface area contributed by atoms with E-state index in [9.17, 15) is 14.4 Å². The number of amides is 3. The van der Waals surface area contributed by atoms with Crippen molar-refractivity contribution in [3.8, 4) is 0 Å². The smallest absolute Gasteiger partial charge is 0.248 e. The van der Waals surface area contributed by atoms with Crippen LogP contribution in [-0.4, -0.2) is 22.7 Å². The van der Waals surface area contributed by atoms with Gasteiger partial charge >= 0.3 is 0 Å². The van der Waals surface area contributed by atoms with Crippen LogP contribution in [0.15, 0.2) is 66.1 Å². The Morgan fingerprint density at radius 1 is 1.03 bits per heavy atom. The predicted octanol–water partition coefficient (Wildman–Crippen LogP) is 4.83. The van der Waals surface area contributed by atoms with E-state index in [2.05, 4.69) is 15.6 Å². The van der Waals surface area contributed by atoms with Crippen molar-refractivity contribution in [1.82, 2.24) is 4.98 Å². The van der Waals surface area contributed by atoms with Gasteiger partial charge in [0.2, 0.25) is 17.7 Å². The van der Waals surface area contributed by atoms with E-state index in [1.54, 1.807) is 35.7 Å². The van der Waals surface area contributed by atoms with Crippen LogP contribution in [0.4, 0.5) is 22.2 Å². The Hall–Kier alpha value is -3.78. The van der Waals surface area contributed by atoms with Crippen LogP contribution in [0.25, 0.3) is 6.08 Å². The number of carbonyl (C=O) groups is 3. The van der Waals surface area contributed by atoms with Gasteiger partial charge in [0.15, 0.2) is 5.13 Å². The molecular weight excluding hydrogens is 424 g/mol. The molecule has 7 nitrogen and oxygen atoms in total. The minimum Gasteiger partial charge on any atom is -0.326 e. The summed E-state index contributed by atoms with van der Waals surface area (Å²) in [4.78, 5) is 42.4. The second-order valence-corrected chi connectivity index (χ2v) is 8.25. The number of hydrogen-bond donors (Lipinski definition) is 2. The van der Waals surface area contributed by atoms with Gasteiger partial charge in [-0.3, -0.25) is 19.3 Å². The number of benzene rings is 2. The number of anilines is 4. The molecule has 4 rings (SSSR count). The van der Waals surface area contributed by atoms with Crippen molar-refractivity contribution < 1.29 is 14.4 Å². The first kappa shape index (κ1) is 21.5.